The molecule has 0 saturated heterocycles. The summed E-state index contributed by atoms with van der Waals surface area (Å²) >= 11 is 0. The molecule has 25 heavy (non-hydrogen) atoms. The number of nitrogens with one attached hydrogen (secondary N) is 2. The molecular weight excluding hydrogens is 314 g/mol. The molecule has 126 valence electrons. The van der Waals surface area contributed by atoms with Gasteiger partial charge in [0.25, 0.3) is 5.91 Å². The van der Waals surface area contributed by atoms with Gasteiger partial charge in [-0.2, -0.15) is 0 Å². The van der Waals surface area contributed by atoms with Crippen LogP contribution in [-0.2, 0) is 13.6 Å². The van der Waals surface area contributed by atoms with Crippen molar-refractivity contribution in [2.45, 2.75) is 6.54 Å². The Morgan fingerprint density at radius 3 is 2.60 bits per heavy atom. The third-order valence-corrected chi connectivity index (χ3v) is 3.92. The van der Waals surface area contributed by atoms with Gasteiger partial charge in [0.2, 0.25) is 0 Å². The van der Waals surface area contributed by atoms with Crippen molar-refractivity contribution < 1.29 is 4.79 Å². The molecule has 1 heterocycles. The van der Waals surface area contributed by atoms with Crippen LogP contribution in [0.15, 0.2) is 60.9 Å². The van der Waals surface area contributed by atoms with Crippen molar-refractivity contribution in [3.8, 4) is 11.4 Å². The molecule has 0 aliphatic rings. The summed E-state index contributed by atoms with van der Waals surface area (Å²) in [5, 5.41) is 10.3. The molecule has 0 unspecified atom stereocenters. The van der Waals surface area contributed by atoms with E-state index < -0.39 is 0 Å². The van der Waals surface area contributed by atoms with Crippen LogP contribution in [0.1, 0.15) is 21.5 Å². The maximum Gasteiger partial charge on any atom is 0.251 e. The van der Waals surface area contributed by atoms with E-state index in [0.29, 0.717) is 17.7 Å². The standard InChI is InChI=1S/C19H19N5O/c1-24-10-9-22-18(24)15-3-2-4-16(11-15)19(25)23-12-13-5-7-14(8-6-13)17(20)21/h2-11H,12H2,1H3,(H3,20,21)(H,23,25). The molecule has 2 aromatic carbocycles. The SMILES string of the molecule is Cn1ccnc1-c1cccc(C(=O)NCc2ccc(C(=N)N)cc2)c1. The van der Waals surface area contributed by atoms with E-state index in [9.17, 15) is 4.79 Å². The fourth-order valence-corrected chi connectivity index (χ4v) is 2.53. The number of carbonyl (C=O) groups is 1. The molecule has 3 aromatic rings. The van der Waals surface area contributed by atoms with Crippen LogP contribution in [0.25, 0.3) is 11.4 Å². The Labute approximate surface area is 145 Å². The lowest BCUT2D eigenvalue weighted by Gasteiger charge is -2.08. The molecule has 1 amide bonds. The normalized spacial score (nSPS) is 10.4. The van der Waals surface area contributed by atoms with Crippen molar-refractivity contribution in [1.82, 2.24) is 14.9 Å². The molecule has 4 N–H and O–H groups in total. The zero-order valence-electron chi connectivity index (χ0n) is 13.9. The molecule has 0 aliphatic heterocycles. The molecule has 0 atom stereocenters. The number of nitrogens with zero attached hydrogens (tertiary/aromatic N) is 2. The van der Waals surface area contributed by atoms with Crippen LogP contribution in [0.5, 0.6) is 0 Å². The van der Waals surface area contributed by atoms with Gasteiger partial charge in [-0.3, -0.25) is 10.2 Å². The van der Waals surface area contributed by atoms with E-state index in [0.717, 1.165) is 17.0 Å². The number of rotatable bonds is 5. The largest absolute Gasteiger partial charge is 0.384 e. The van der Waals surface area contributed by atoms with Crippen molar-refractivity contribution >= 4 is 11.7 Å². The van der Waals surface area contributed by atoms with Crippen molar-refractivity contribution in [2.24, 2.45) is 12.8 Å². The van der Waals surface area contributed by atoms with Crippen LogP contribution in [0, 0.1) is 5.41 Å². The van der Waals surface area contributed by atoms with E-state index >= 15 is 0 Å². The Balaban J connectivity index is 1.69. The van der Waals surface area contributed by atoms with E-state index in [1.54, 1.807) is 24.4 Å². The first-order valence-electron chi connectivity index (χ1n) is 7.84. The molecule has 0 aliphatic carbocycles. The highest BCUT2D eigenvalue weighted by atomic mass is 16.1. The lowest BCUT2D eigenvalue weighted by molar-refractivity contribution is 0.0951. The third kappa shape index (κ3) is 3.74. The van der Waals surface area contributed by atoms with Crippen molar-refractivity contribution in [1.29, 1.82) is 5.41 Å². The van der Waals surface area contributed by atoms with Crippen molar-refractivity contribution in [2.75, 3.05) is 0 Å². The highest BCUT2D eigenvalue weighted by molar-refractivity contribution is 5.95. The molecule has 0 radical (unpaired) electrons. The highest BCUT2D eigenvalue weighted by Crippen LogP contribution is 2.18. The summed E-state index contributed by atoms with van der Waals surface area (Å²) in [6.07, 6.45) is 3.60. The number of benzene rings is 2. The van der Waals surface area contributed by atoms with E-state index in [2.05, 4.69) is 10.3 Å². The molecule has 3 rings (SSSR count). The third-order valence-electron chi connectivity index (χ3n) is 3.92. The Hall–Kier alpha value is -3.41. The number of carbonyl (C=O) groups excluding carboxylic acids is 1. The predicted octanol–water partition coefficient (Wildman–Crippen LogP) is 2.30. The molecule has 6 heteroatoms. The van der Waals surface area contributed by atoms with Gasteiger partial charge in [0.15, 0.2) is 0 Å². The summed E-state index contributed by atoms with van der Waals surface area (Å²) in [5.74, 6) is 0.697. The van der Waals surface area contributed by atoms with E-state index in [-0.39, 0.29) is 11.7 Å². The second kappa shape index (κ2) is 7.00. The minimum Gasteiger partial charge on any atom is -0.384 e. The number of amides is 1. The average molecular weight is 333 g/mol. The van der Waals surface area contributed by atoms with Gasteiger partial charge < -0.3 is 15.6 Å². The monoisotopic (exact) mass is 333 g/mol. The molecule has 0 bridgehead atoms. The molecule has 0 fully saturated rings. The minimum absolute atomic E-state index is 0.0293. The number of imidazole rings is 1. The maximum absolute atomic E-state index is 12.4. The van der Waals surface area contributed by atoms with E-state index in [1.165, 1.54) is 0 Å². The van der Waals surface area contributed by atoms with Gasteiger partial charge in [-0.15, -0.1) is 0 Å². The van der Waals surface area contributed by atoms with Crippen LogP contribution in [0.3, 0.4) is 0 Å². The summed E-state index contributed by atoms with van der Waals surface area (Å²) < 4.78 is 1.91. The van der Waals surface area contributed by atoms with Gasteiger partial charge in [-0.25, -0.2) is 4.98 Å². The fourth-order valence-electron chi connectivity index (χ4n) is 2.53. The summed E-state index contributed by atoms with van der Waals surface area (Å²) in [7, 11) is 1.92. The number of amidine groups is 1. The first-order chi connectivity index (χ1) is 12.0. The minimum atomic E-state index is -0.147. The molecular formula is C19H19N5O. The topological polar surface area (TPSA) is 96.8 Å². The molecule has 1 aromatic heterocycles. The number of nitrogens with two attached hydrogens (primary N) is 1. The Morgan fingerprint density at radius 2 is 1.96 bits per heavy atom. The predicted molar refractivity (Wildman–Crippen MR) is 97.3 cm³/mol. The zero-order chi connectivity index (χ0) is 17.8. The van der Waals surface area contributed by atoms with E-state index in [4.69, 9.17) is 11.1 Å². The number of hydrogen-bond acceptors (Lipinski definition) is 3. The van der Waals surface area contributed by atoms with Gasteiger partial charge in [-0.05, 0) is 17.7 Å². The second-order valence-electron chi connectivity index (χ2n) is 5.74. The zero-order valence-corrected chi connectivity index (χ0v) is 13.9. The first-order valence-corrected chi connectivity index (χ1v) is 7.84. The Kier molecular flexibility index (Phi) is 4.61. The summed E-state index contributed by atoms with van der Waals surface area (Å²) in [6.45, 7) is 0.406. The quantitative estimate of drug-likeness (QED) is 0.494. The molecule has 0 saturated carbocycles. The summed E-state index contributed by atoms with van der Waals surface area (Å²) in [6, 6.07) is 14.6. The average Bonchev–Trinajstić information content (AvgIpc) is 3.06. The lowest BCUT2D eigenvalue weighted by atomic mass is 10.1. The van der Waals surface area contributed by atoms with Crippen LogP contribution in [0.4, 0.5) is 0 Å². The van der Waals surface area contributed by atoms with Crippen LogP contribution >= 0.6 is 0 Å². The first kappa shape index (κ1) is 16.4. The lowest BCUT2D eigenvalue weighted by Crippen LogP contribution is -2.22. The molecule has 0 spiro atoms. The maximum atomic E-state index is 12.4. The van der Waals surface area contributed by atoms with Crippen LogP contribution < -0.4 is 11.1 Å². The van der Waals surface area contributed by atoms with Gasteiger partial charge >= 0.3 is 0 Å². The number of aromatic nitrogens is 2. The van der Waals surface area contributed by atoms with Crippen LogP contribution in [-0.4, -0.2) is 21.3 Å². The smallest absolute Gasteiger partial charge is 0.251 e. The second-order valence-corrected chi connectivity index (χ2v) is 5.74. The van der Waals surface area contributed by atoms with Gasteiger partial charge in [0.1, 0.15) is 11.7 Å². The number of nitrogen functional groups attached to an aromatic ring is 1. The number of hydrogen-bond donors (Lipinski definition) is 3. The Bertz CT molecular complexity index is 912. The summed E-state index contributed by atoms with van der Waals surface area (Å²) in [5.41, 5.74) is 8.52. The van der Waals surface area contributed by atoms with Crippen molar-refractivity contribution in [3.05, 3.63) is 77.6 Å². The van der Waals surface area contributed by atoms with Gasteiger partial charge in [0, 0.05) is 42.7 Å². The van der Waals surface area contributed by atoms with Gasteiger partial charge in [-0.1, -0.05) is 36.4 Å². The van der Waals surface area contributed by atoms with Crippen LogP contribution in [0.2, 0.25) is 0 Å². The van der Waals surface area contributed by atoms with Crippen molar-refractivity contribution in [3.63, 3.8) is 0 Å². The summed E-state index contributed by atoms with van der Waals surface area (Å²) in [4.78, 5) is 16.7. The number of aryl methyl sites for hydroxylation is 1. The Morgan fingerprint density at radius 1 is 1.20 bits per heavy atom. The van der Waals surface area contributed by atoms with E-state index in [1.807, 2.05) is 48.1 Å². The molecule has 6 nitrogen and oxygen atoms in total. The van der Waals surface area contributed by atoms with Gasteiger partial charge in [0.05, 0.1) is 0 Å². The fraction of sp³-hybridized carbons (Fsp3) is 0.105. The highest BCUT2D eigenvalue weighted by Gasteiger charge is 2.09.